The molecular formula is C14H17ClN2O3. The number of hydrogen-bond acceptors (Lipinski definition) is 5. The first kappa shape index (κ1) is 14.8. The lowest BCUT2D eigenvalue weighted by atomic mass is 10.3. The summed E-state index contributed by atoms with van der Waals surface area (Å²) in [6.07, 6.45) is -0.602. The lowest BCUT2D eigenvalue weighted by Gasteiger charge is -2.12. The molecule has 2 rings (SSSR count). The Labute approximate surface area is 122 Å². The average molecular weight is 297 g/mol. The van der Waals surface area contributed by atoms with Crippen LogP contribution in [0.4, 0.5) is 0 Å². The Bertz CT molecular complexity index is 527. The molecule has 2 N–H and O–H groups in total. The zero-order chi connectivity index (χ0) is 14.4. The Morgan fingerprint density at radius 2 is 2.15 bits per heavy atom. The number of aliphatic hydroxyl groups excluding tert-OH is 1. The van der Waals surface area contributed by atoms with Gasteiger partial charge in [-0.25, -0.2) is 0 Å². The van der Waals surface area contributed by atoms with Gasteiger partial charge in [-0.2, -0.15) is 0 Å². The number of benzene rings is 1. The Morgan fingerprint density at radius 1 is 1.40 bits per heavy atom. The summed E-state index contributed by atoms with van der Waals surface area (Å²) in [6.45, 7) is 3.01. The summed E-state index contributed by atoms with van der Waals surface area (Å²) in [5, 5.41) is 17.3. The standard InChI is InChI=1S/C14H17ClN2O3/c1-10-6-14(20-17-10)8-16-7-12(18)9-19-13-4-2-11(15)3-5-13/h2-6,12,16,18H,7-9H2,1H3. The lowest BCUT2D eigenvalue weighted by Crippen LogP contribution is -2.31. The fraction of sp³-hybridized carbons (Fsp3) is 0.357. The van der Waals surface area contributed by atoms with Crippen LogP contribution in [0.2, 0.25) is 5.02 Å². The van der Waals surface area contributed by atoms with Crippen molar-refractivity contribution in [2.75, 3.05) is 13.2 Å². The second-order valence-electron chi connectivity index (χ2n) is 4.48. The third-order valence-corrected chi connectivity index (χ3v) is 2.86. The van der Waals surface area contributed by atoms with Crippen molar-refractivity contribution < 1.29 is 14.4 Å². The van der Waals surface area contributed by atoms with Crippen LogP contribution in [0.15, 0.2) is 34.9 Å². The summed E-state index contributed by atoms with van der Waals surface area (Å²) in [7, 11) is 0. The van der Waals surface area contributed by atoms with Gasteiger partial charge < -0.3 is 19.7 Å². The number of nitrogens with zero attached hydrogens (tertiary/aromatic N) is 1. The molecule has 1 heterocycles. The average Bonchev–Trinajstić information content (AvgIpc) is 2.84. The zero-order valence-corrected chi connectivity index (χ0v) is 11.9. The summed E-state index contributed by atoms with van der Waals surface area (Å²) in [4.78, 5) is 0. The predicted molar refractivity (Wildman–Crippen MR) is 75.9 cm³/mol. The molecule has 5 nitrogen and oxygen atoms in total. The fourth-order valence-corrected chi connectivity index (χ4v) is 1.77. The first-order valence-electron chi connectivity index (χ1n) is 6.33. The van der Waals surface area contributed by atoms with Gasteiger partial charge in [0.15, 0.2) is 5.76 Å². The number of hydrogen-bond donors (Lipinski definition) is 2. The monoisotopic (exact) mass is 296 g/mol. The highest BCUT2D eigenvalue weighted by Crippen LogP contribution is 2.15. The molecule has 0 saturated carbocycles. The van der Waals surface area contributed by atoms with Crippen LogP contribution >= 0.6 is 11.6 Å². The maximum absolute atomic E-state index is 9.79. The van der Waals surface area contributed by atoms with Crippen molar-refractivity contribution in [3.05, 3.63) is 46.8 Å². The van der Waals surface area contributed by atoms with Crippen molar-refractivity contribution in [3.8, 4) is 5.75 Å². The van der Waals surface area contributed by atoms with Crippen molar-refractivity contribution in [1.82, 2.24) is 10.5 Å². The maximum Gasteiger partial charge on any atom is 0.150 e. The van der Waals surface area contributed by atoms with E-state index in [1.165, 1.54) is 0 Å². The minimum atomic E-state index is -0.602. The van der Waals surface area contributed by atoms with Gasteiger partial charge in [0, 0.05) is 17.6 Å². The molecule has 20 heavy (non-hydrogen) atoms. The van der Waals surface area contributed by atoms with E-state index in [2.05, 4.69) is 10.5 Å². The van der Waals surface area contributed by atoms with Crippen LogP contribution in [0, 0.1) is 6.92 Å². The second kappa shape index (κ2) is 7.28. The minimum absolute atomic E-state index is 0.212. The maximum atomic E-state index is 9.79. The van der Waals surface area contributed by atoms with Gasteiger partial charge in [0.25, 0.3) is 0 Å². The molecule has 0 saturated heterocycles. The largest absolute Gasteiger partial charge is 0.491 e. The van der Waals surface area contributed by atoms with E-state index in [4.69, 9.17) is 20.9 Å². The normalized spacial score (nSPS) is 12.3. The van der Waals surface area contributed by atoms with Crippen LogP contribution in [0.1, 0.15) is 11.5 Å². The molecule has 6 heteroatoms. The van der Waals surface area contributed by atoms with E-state index in [1.807, 2.05) is 13.0 Å². The first-order valence-corrected chi connectivity index (χ1v) is 6.70. The van der Waals surface area contributed by atoms with Gasteiger partial charge in [-0.15, -0.1) is 0 Å². The predicted octanol–water partition coefficient (Wildman–Crippen LogP) is 2.17. The number of nitrogens with one attached hydrogen (secondary N) is 1. The SMILES string of the molecule is Cc1cc(CNCC(O)COc2ccc(Cl)cc2)on1. The van der Waals surface area contributed by atoms with Crippen molar-refractivity contribution in [2.24, 2.45) is 0 Å². The highest BCUT2D eigenvalue weighted by Gasteiger charge is 2.06. The minimum Gasteiger partial charge on any atom is -0.491 e. The van der Waals surface area contributed by atoms with Gasteiger partial charge in [-0.05, 0) is 31.2 Å². The van der Waals surface area contributed by atoms with Crippen molar-refractivity contribution in [1.29, 1.82) is 0 Å². The number of aromatic nitrogens is 1. The van der Waals surface area contributed by atoms with Crippen LogP contribution in [0.5, 0.6) is 5.75 Å². The summed E-state index contributed by atoms with van der Waals surface area (Å²) in [5.74, 6) is 1.42. The van der Waals surface area contributed by atoms with E-state index in [0.29, 0.717) is 23.9 Å². The molecule has 0 aliphatic heterocycles. The van der Waals surface area contributed by atoms with Gasteiger partial charge in [-0.3, -0.25) is 0 Å². The molecule has 1 aromatic carbocycles. The molecule has 0 bridgehead atoms. The van der Waals surface area contributed by atoms with E-state index in [0.717, 1.165) is 11.5 Å². The number of halogens is 1. The Balaban J connectivity index is 1.65. The van der Waals surface area contributed by atoms with Crippen LogP contribution in [-0.4, -0.2) is 29.5 Å². The Hall–Kier alpha value is -1.56. The molecule has 1 unspecified atom stereocenters. The van der Waals surface area contributed by atoms with Crippen LogP contribution in [0.3, 0.4) is 0 Å². The van der Waals surface area contributed by atoms with E-state index in [9.17, 15) is 5.11 Å². The van der Waals surface area contributed by atoms with E-state index in [-0.39, 0.29) is 6.61 Å². The van der Waals surface area contributed by atoms with E-state index >= 15 is 0 Å². The molecule has 108 valence electrons. The molecule has 1 aromatic heterocycles. The van der Waals surface area contributed by atoms with Crippen LogP contribution < -0.4 is 10.1 Å². The summed E-state index contributed by atoms with van der Waals surface area (Å²) in [5.41, 5.74) is 0.841. The van der Waals surface area contributed by atoms with E-state index in [1.54, 1.807) is 24.3 Å². The highest BCUT2D eigenvalue weighted by molar-refractivity contribution is 6.30. The Kier molecular flexibility index (Phi) is 5.40. The number of aliphatic hydroxyl groups is 1. The van der Waals surface area contributed by atoms with Crippen molar-refractivity contribution in [3.63, 3.8) is 0 Å². The summed E-state index contributed by atoms with van der Waals surface area (Å²) < 4.78 is 10.5. The molecule has 0 amide bonds. The van der Waals surface area contributed by atoms with Crippen LogP contribution in [0.25, 0.3) is 0 Å². The molecule has 0 radical (unpaired) electrons. The Morgan fingerprint density at radius 3 is 2.80 bits per heavy atom. The molecule has 0 spiro atoms. The quantitative estimate of drug-likeness (QED) is 0.819. The molecular weight excluding hydrogens is 280 g/mol. The van der Waals surface area contributed by atoms with Gasteiger partial charge in [0.2, 0.25) is 0 Å². The third kappa shape index (κ3) is 4.85. The highest BCUT2D eigenvalue weighted by atomic mass is 35.5. The van der Waals surface area contributed by atoms with E-state index < -0.39 is 6.10 Å². The van der Waals surface area contributed by atoms with Crippen molar-refractivity contribution in [2.45, 2.75) is 19.6 Å². The fourth-order valence-electron chi connectivity index (χ4n) is 1.64. The molecule has 0 fully saturated rings. The van der Waals surface area contributed by atoms with Gasteiger partial charge >= 0.3 is 0 Å². The second-order valence-corrected chi connectivity index (χ2v) is 4.92. The number of ether oxygens (including phenoxy) is 1. The van der Waals surface area contributed by atoms with Crippen molar-refractivity contribution >= 4 is 11.6 Å². The summed E-state index contributed by atoms with van der Waals surface area (Å²) in [6, 6.07) is 8.87. The third-order valence-electron chi connectivity index (χ3n) is 2.61. The molecule has 0 aliphatic rings. The molecule has 0 aliphatic carbocycles. The smallest absolute Gasteiger partial charge is 0.150 e. The van der Waals surface area contributed by atoms with Gasteiger partial charge in [0.05, 0.1) is 12.2 Å². The topological polar surface area (TPSA) is 67.5 Å². The van der Waals surface area contributed by atoms with Crippen LogP contribution in [-0.2, 0) is 6.54 Å². The molecule has 2 aromatic rings. The summed E-state index contributed by atoms with van der Waals surface area (Å²) >= 11 is 5.77. The first-order chi connectivity index (χ1) is 9.63. The number of aryl methyl sites for hydroxylation is 1. The zero-order valence-electron chi connectivity index (χ0n) is 11.2. The lowest BCUT2D eigenvalue weighted by molar-refractivity contribution is 0.105. The van der Waals surface area contributed by atoms with Gasteiger partial charge in [-0.1, -0.05) is 16.8 Å². The molecule has 1 atom stereocenters. The van der Waals surface area contributed by atoms with Gasteiger partial charge in [0.1, 0.15) is 18.5 Å². The number of rotatable bonds is 7.